The number of hydrogen-bond acceptors (Lipinski definition) is 5. The first-order valence-corrected chi connectivity index (χ1v) is 7.40. The first kappa shape index (κ1) is 16.1. The molecule has 21 heavy (non-hydrogen) atoms. The third-order valence-corrected chi connectivity index (χ3v) is 4.09. The quantitative estimate of drug-likeness (QED) is 0.867. The number of ether oxygens (including phenoxy) is 3. The van der Waals surface area contributed by atoms with Crippen molar-refractivity contribution in [1.29, 1.82) is 0 Å². The minimum Gasteiger partial charge on any atom is -0.497 e. The second kappa shape index (κ2) is 7.64. The minimum atomic E-state index is -0.106. The van der Waals surface area contributed by atoms with Gasteiger partial charge in [-0.2, -0.15) is 0 Å². The molecule has 0 bridgehead atoms. The molecule has 118 valence electrons. The van der Waals surface area contributed by atoms with Crippen LogP contribution in [0, 0.1) is 0 Å². The van der Waals surface area contributed by atoms with E-state index >= 15 is 0 Å². The lowest BCUT2D eigenvalue weighted by atomic mass is 10.0. The fourth-order valence-corrected chi connectivity index (χ4v) is 2.88. The van der Waals surface area contributed by atoms with Crippen molar-refractivity contribution in [2.24, 2.45) is 5.73 Å². The van der Waals surface area contributed by atoms with E-state index in [0.29, 0.717) is 6.10 Å². The van der Waals surface area contributed by atoms with Crippen LogP contribution in [0.3, 0.4) is 0 Å². The van der Waals surface area contributed by atoms with Crippen LogP contribution >= 0.6 is 0 Å². The van der Waals surface area contributed by atoms with Crippen LogP contribution in [0.15, 0.2) is 18.2 Å². The number of nitrogens with two attached hydrogens (primary N) is 1. The van der Waals surface area contributed by atoms with Gasteiger partial charge in [-0.25, -0.2) is 0 Å². The Labute approximate surface area is 127 Å². The molecule has 1 saturated heterocycles. The smallest absolute Gasteiger partial charge is 0.123 e. The Bertz CT molecular complexity index is 453. The van der Waals surface area contributed by atoms with E-state index in [1.54, 1.807) is 21.3 Å². The van der Waals surface area contributed by atoms with Gasteiger partial charge in [0, 0.05) is 31.8 Å². The van der Waals surface area contributed by atoms with Crippen LogP contribution in [-0.4, -0.2) is 52.0 Å². The number of piperidine rings is 1. The van der Waals surface area contributed by atoms with Crippen LogP contribution in [0.5, 0.6) is 11.5 Å². The van der Waals surface area contributed by atoms with E-state index in [2.05, 4.69) is 4.90 Å². The number of benzene rings is 1. The van der Waals surface area contributed by atoms with Gasteiger partial charge in [-0.05, 0) is 37.6 Å². The maximum Gasteiger partial charge on any atom is 0.123 e. The molecule has 1 aromatic carbocycles. The molecular weight excluding hydrogens is 268 g/mol. The summed E-state index contributed by atoms with van der Waals surface area (Å²) in [5.74, 6) is 1.61. The lowest BCUT2D eigenvalue weighted by Gasteiger charge is -2.33. The highest BCUT2D eigenvalue weighted by molar-refractivity contribution is 5.42. The third-order valence-electron chi connectivity index (χ3n) is 4.09. The van der Waals surface area contributed by atoms with Crippen LogP contribution in [0.4, 0.5) is 0 Å². The maximum absolute atomic E-state index is 6.39. The summed E-state index contributed by atoms with van der Waals surface area (Å²) in [6.45, 7) is 2.81. The summed E-state index contributed by atoms with van der Waals surface area (Å²) >= 11 is 0. The Balaban J connectivity index is 2.06. The Morgan fingerprint density at radius 3 is 2.76 bits per heavy atom. The van der Waals surface area contributed by atoms with Crippen molar-refractivity contribution in [2.45, 2.75) is 25.0 Å². The van der Waals surface area contributed by atoms with E-state index in [1.807, 2.05) is 18.2 Å². The van der Waals surface area contributed by atoms with Crippen molar-refractivity contribution in [3.63, 3.8) is 0 Å². The van der Waals surface area contributed by atoms with Crippen molar-refractivity contribution < 1.29 is 14.2 Å². The summed E-state index contributed by atoms with van der Waals surface area (Å²) in [4.78, 5) is 2.36. The van der Waals surface area contributed by atoms with Crippen LogP contribution in [0.25, 0.3) is 0 Å². The molecule has 2 atom stereocenters. The molecule has 2 unspecified atom stereocenters. The summed E-state index contributed by atoms with van der Waals surface area (Å²) in [6, 6.07) is 5.64. The molecule has 2 rings (SSSR count). The van der Waals surface area contributed by atoms with Gasteiger partial charge in [0.15, 0.2) is 0 Å². The van der Waals surface area contributed by atoms with Gasteiger partial charge in [-0.1, -0.05) is 0 Å². The summed E-state index contributed by atoms with van der Waals surface area (Å²) < 4.78 is 16.2. The highest BCUT2D eigenvalue weighted by atomic mass is 16.5. The summed E-state index contributed by atoms with van der Waals surface area (Å²) in [6.07, 6.45) is 2.60. The topological polar surface area (TPSA) is 57.0 Å². The SMILES string of the molecule is COc1ccc(OC)c(C(N)CN2CCCC(OC)C2)c1. The zero-order valence-electron chi connectivity index (χ0n) is 13.2. The van der Waals surface area contributed by atoms with Gasteiger partial charge in [-0.3, -0.25) is 4.90 Å². The van der Waals surface area contributed by atoms with Crippen molar-refractivity contribution in [3.05, 3.63) is 23.8 Å². The number of methoxy groups -OCH3 is 3. The van der Waals surface area contributed by atoms with E-state index in [9.17, 15) is 0 Å². The van der Waals surface area contributed by atoms with Crippen molar-refractivity contribution >= 4 is 0 Å². The molecule has 0 amide bonds. The lowest BCUT2D eigenvalue weighted by Crippen LogP contribution is -2.42. The van der Waals surface area contributed by atoms with Gasteiger partial charge in [0.2, 0.25) is 0 Å². The normalized spacial score (nSPS) is 21.0. The molecule has 0 spiro atoms. The lowest BCUT2D eigenvalue weighted by molar-refractivity contribution is 0.0293. The maximum atomic E-state index is 6.39. The molecule has 5 heteroatoms. The van der Waals surface area contributed by atoms with Crippen LogP contribution in [0.2, 0.25) is 0 Å². The Hall–Kier alpha value is -1.30. The van der Waals surface area contributed by atoms with Gasteiger partial charge in [-0.15, -0.1) is 0 Å². The van der Waals surface area contributed by atoms with Crippen LogP contribution in [0.1, 0.15) is 24.4 Å². The van der Waals surface area contributed by atoms with Crippen molar-refractivity contribution in [1.82, 2.24) is 4.90 Å². The average Bonchev–Trinajstić information content (AvgIpc) is 2.54. The summed E-state index contributed by atoms with van der Waals surface area (Å²) in [5.41, 5.74) is 7.38. The fourth-order valence-electron chi connectivity index (χ4n) is 2.88. The van der Waals surface area contributed by atoms with E-state index in [-0.39, 0.29) is 6.04 Å². The van der Waals surface area contributed by atoms with E-state index in [0.717, 1.165) is 49.5 Å². The van der Waals surface area contributed by atoms with Crippen LogP contribution < -0.4 is 15.2 Å². The van der Waals surface area contributed by atoms with Gasteiger partial charge >= 0.3 is 0 Å². The Kier molecular flexibility index (Phi) is 5.85. The van der Waals surface area contributed by atoms with E-state index in [4.69, 9.17) is 19.9 Å². The molecule has 1 aromatic rings. The van der Waals surface area contributed by atoms with E-state index in [1.165, 1.54) is 0 Å². The molecule has 2 N–H and O–H groups in total. The number of hydrogen-bond donors (Lipinski definition) is 1. The van der Waals surface area contributed by atoms with Gasteiger partial charge < -0.3 is 19.9 Å². The zero-order valence-corrected chi connectivity index (χ0v) is 13.2. The van der Waals surface area contributed by atoms with Gasteiger partial charge in [0.1, 0.15) is 11.5 Å². The van der Waals surface area contributed by atoms with Crippen molar-refractivity contribution in [3.8, 4) is 11.5 Å². The zero-order chi connectivity index (χ0) is 15.2. The molecule has 1 fully saturated rings. The average molecular weight is 294 g/mol. The molecule has 0 aliphatic carbocycles. The standard InChI is InChI=1S/C16H26N2O3/c1-19-12-6-7-16(21-3)14(9-12)15(17)11-18-8-4-5-13(10-18)20-2/h6-7,9,13,15H,4-5,8,10-11,17H2,1-3H3. The largest absolute Gasteiger partial charge is 0.497 e. The Morgan fingerprint density at radius 1 is 1.29 bits per heavy atom. The fraction of sp³-hybridized carbons (Fsp3) is 0.625. The molecular formula is C16H26N2O3. The second-order valence-electron chi connectivity index (χ2n) is 5.47. The highest BCUT2D eigenvalue weighted by Gasteiger charge is 2.23. The van der Waals surface area contributed by atoms with Crippen molar-refractivity contribution in [2.75, 3.05) is 41.0 Å². The predicted octanol–water partition coefficient (Wildman–Crippen LogP) is 1.81. The first-order valence-electron chi connectivity index (χ1n) is 7.40. The predicted molar refractivity (Wildman–Crippen MR) is 82.9 cm³/mol. The van der Waals surface area contributed by atoms with E-state index < -0.39 is 0 Å². The Morgan fingerprint density at radius 2 is 2.10 bits per heavy atom. The molecule has 1 aliphatic rings. The van der Waals surface area contributed by atoms with Gasteiger partial charge in [0.05, 0.1) is 20.3 Å². The molecule has 5 nitrogen and oxygen atoms in total. The molecule has 0 saturated carbocycles. The third kappa shape index (κ3) is 4.09. The minimum absolute atomic E-state index is 0.106. The highest BCUT2D eigenvalue weighted by Crippen LogP contribution is 2.29. The second-order valence-corrected chi connectivity index (χ2v) is 5.47. The van der Waals surface area contributed by atoms with Gasteiger partial charge in [0.25, 0.3) is 0 Å². The number of likely N-dealkylation sites (tertiary alicyclic amines) is 1. The molecule has 1 aliphatic heterocycles. The molecule has 0 radical (unpaired) electrons. The summed E-state index contributed by atoms with van der Waals surface area (Å²) in [5, 5.41) is 0. The monoisotopic (exact) mass is 294 g/mol. The summed E-state index contributed by atoms with van der Waals surface area (Å²) in [7, 11) is 5.10. The number of nitrogens with zero attached hydrogens (tertiary/aromatic N) is 1. The molecule has 0 aromatic heterocycles. The number of rotatable bonds is 6. The first-order chi connectivity index (χ1) is 10.2. The van der Waals surface area contributed by atoms with Crippen LogP contribution in [-0.2, 0) is 4.74 Å². The molecule has 1 heterocycles.